The fourth-order valence-electron chi connectivity index (χ4n) is 2.55. The van der Waals surface area contributed by atoms with Gasteiger partial charge in [0.1, 0.15) is 17.2 Å². The molecule has 4 aromatic rings. The van der Waals surface area contributed by atoms with Crippen LogP contribution in [0.3, 0.4) is 0 Å². The first-order valence-corrected chi connectivity index (χ1v) is 10.3. The Hall–Kier alpha value is -2.42. The van der Waals surface area contributed by atoms with Crippen molar-refractivity contribution < 1.29 is 9.26 Å². The monoisotopic (exact) mass is 413 g/mol. The molecule has 0 spiro atoms. The van der Waals surface area contributed by atoms with Gasteiger partial charge < -0.3 is 9.26 Å². The number of ether oxygens (including phenoxy) is 1. The summed E-state index contributed by atoms with van der Waals surface area (Å²) in [5.74, 6) is 2.16. The molecule has 0 radical (unpaired) electrons. The molecule has 0 bridgehead atoms. The van der Waals surface area contributed by atoms with E-state index in [4.69, 9.17) is 21.5 Å². The molecule has 0 aliphatic carbocycles. The fourth-order valence-corrected chi connectivity index (χ4v) is 4.78. The minimum absolute atomic E-state index is 0.624. The molecule has 2 aromatic carbocycles. The number of para-hydroxylation sites is 2. The molecule has 0 aliphatic heterocycles. The molecule has 0 atom stereocenters. The summed E-state index contributed by atoms with van der Waals surface area (Å²) < 4.78 is 14.3. The summed E-state index contributed by atoms with van der Waals surface area (Å²) in [6.45, 7) is 0. The van der Waals surface area contributed by atoms with Crippen molar-refractivity contribution in [2.24, 2.45) is 0 Å². The van der Waals surface area contributed by atoms with Crippen molar-refractivity contribution in [3.63, 3.8) is 0 Å². The third-order valence-corrected chi connectivity index (χ3v) is 6.20. The molecule has 0 saturated carbocycles. The van der Waals surface area contributed by atoms with Crippen molar-refractivity contribution in [2.75, 3.05) is 7.11 Å². The predicted octanol–water partition coefficient (Wildman–Crippen LogP) is 5.62. The van der Waals surface area contributed by atoms with Crippen LogP contribution in [0.2, 0.25) is 0 Å². The Labute approximate surface area is 169 Å². The van der Waals surface area contributed by atoms with Gasteiger partial charge in [0.25, 0.3) is 0 Å². The molecule has 8 heteroatoms. The van der Waals surface area contributed by atoms with E-state index >= 15 is 0 Å². The SMILES string of the molecule is COc1ccccc1-c1cc(CSc2nn(-c3ccccc3)c(=S)s2)on1. The Balaban J connectivity index is 1.49. The molecular weight excluding hydrogens is 398 g/mol. The molecule has 0 N–H and O–H groups in total. The summed E-state index contributed by atoms with van der Waals surface area (Å²) in [7, 11) is 1.65. The Morgan fingerprint density at radius 3 is 2.74 bits per heavy atom. The molecule has 27 heavy (non-hydrogen) atoms. The number of benzene rings is 2. The van der Waals surface area contributed by atoms with E-state index in [-0.39, 0.29) is 0 Å². The van der Waals surface area contributed by atoms with E-state index in [2.05, 4.69) is 10.3 Å². The standard InChI is InChI=1S/C19H15N3O2S3/c1-23-17-10-6-5-9-15(17)16-11-14(24-21-16)12-26-18-20-22(19(25)27-18)13-7-3-2-4-8-13/h2-11H,12H2,1H3. The second-order valence-electron chi connectivity index (χ2n) is 5.55. The van der Waals surface area contributed by atoms with Crippen molar-refractivity contribution >= 4 is 35.3 Å². The predicted molar refractivity (Wildman–Crippen MR) is 110 cm³/mol. The molecule has 0 aliphatic rings. The largest absolute Gasteiger partial charge is 0.496 e. The van der Waals surface area contributed by atoms with Crippen molar-refractivity contribution in [3.05, 3.63) is 70.4 Å². The van der Waals surface area contributed by atoms with Crippen molar-refractivity contribution in [1.82, 2.24) is 14.9 Å². The summed E-state index contributed by atoms with van der Waals surface area (Å²) >= 11 is 8.50. The normalized spacial score (nSPS) is 10.9. The molecule has 0 unspecified atom stereocenters. The van der Waals surface area contributed by atoms with Crippen LogP contribution in [0.25, 0.3) is 16.9 Å². The lowest BCUT2D eigenvalue weighted by Gasteiger charge is -2.03. The molecule has 2 aromatic heterocycles. The summed E-state index contributed by atoms with van der Waals surface area (Å²) in [4.78, 5) is 0. The number of rotatable bonds is 6. The molecule has 4 rings (SSSR count). The van der Waals surface area contributed by atoms with Crippen LogP contribution < -0.4 is 4.74 Å². The number of methoxy groups -OCH3 is 1. The van der Waals surface area contributed by atoms with E-state index in [0.29, 0.717) is 5.75 Å². The second-order valence-corrected chi connectivity index (χ2v) is 8.39. The van der Waals surface area contributed by atoms with Gasteiger partial charge in [0, 0.05) is 11.6 Å². The first kappa shape index (κ1) is 18.0. The minimum Gasteiger partial charge on any atom is -0.496 e. The van der Waals surface area contributed by atoms with Gasteiger partial charge in [-0.3, -0.25) is 0 Å². The van der Waals surface area contributed by atoms with Crippen LogP contribution in [0.4, 0.5) is 0 Å². The van der Waals surface area contributed by atoms with E-state index in [1.165, 1.54) is 11.3 Å². The molecule has 0 fully saturated rings. The van der Waals surface area contributed by atoms with Crippen LogP contribution in [0.5, 0.6) is 5.75 Å². The van der Waals surface area contributed by atoms with Gasteiger partial charge in [-0.25, -0.2) is 4.68 Å². The van der Waals surface area contributed by atoms with E-state index in [9.17, 15) is 0 Å². The maximum Gasteiger partial charge on any atom is 0.184 e. The Kier molecular flexibility index (Phi) is 5.38. The lowest BCUT2D eigenvalue weighted by molar-refractivity contribution is 0.395. The summed E-state index contributed by atoms with van der Waals surface area (Å²) in [6, 6.07) is 19.5. The summed E-state index contributed by atoms with van der Waals surface area (Å²) in [5, 5.41) is 8.77. The minimum atomic E-state index is 0.624. The van der Waals surface area contributed by atoms with Crippen LogP contribution in [-0.2, 0) is 5.75 Å². The lowest BCUT2D eigenvalue weighted by atomic mass is 10.1. The van der Waals surface area contributed by atoms with Gasteiger partial charge in [-0.05, 0) is 36.5 Å². The highest BCUT2D eigenvalue weighted by atomic mass is 32.2. The fraction of sp³-hybridized carbons (Fsp3) is 0.105. The van der Waals surface area contributed by atoms with Gasteiger partial charge in [-0.15, -0.1) is 5.10 Å². The molecule has 5 nitrogen and oxygen atoms in total. The quantitative estimate of drug-likeness (QED) is 0.302. The van der Waals surface area contributed by atoms with E-state index in [1.54, 1.807) is 23.6 Å². The van der Waals surface area contributed by atoms with Crippen molar-refractivity contribution in [3.8, 4) is 22.7 Å². The van der Waals surface area contributed by atoms with Crippen LogP contribution in [0.1, 0.15) is 5.76 Å². The van der Waals surface area contributed by atoms with Gasteiger partial charge in [-0.2, -0.15) is 0 Å². The summed E-state index contributed by atoms with van der Waals surface area (Å²) in [5.41, 5.74) is 2.62. The number of hydrogen-bond donors (Lipinski definition) is 0. The molecule has 136 valence electrons. The number of thioether (sulfide) groups is 1. The van der Waals surface area contributed by atoms with Gasteiger partial charge in [0.2, 0.25) is 0 Å². The van der Waals surface area contributed by atoms with Crippen molar-refractivity contribution in [2.45, 2.75) is 10.1 Å². The maximum absolute atomic E-state index is 5.48. The third kappa shape index (κ3) is 3.97. The molecule has 0 saturated heterocycles. The average Bonchev–Trinajstić information content (AvgIpc) is 3.33. The topological polar surface area (TPSA) is 53.1 Å². The van der Waals surface area contributed by atoms with E-state index in [1.807, 2.05) is 60.7 Å². The van der Waals surface area contributed by atoms with Crippen molar-refractivity contribution in [1.29, 1.82) is 0 Å². The van der Waals surface area contributed by atoms with Crippen LogP contribution >= 0.6 is 35.3 Å². The highest BCUT2D eigenvalue weighted by molar-refractivity contribution is 8.00. The first-order valence-electron chi connectivity index (χ1n) is 8.12. The molecular formula is C19H15N3O2S3. The number of aromatic nitrogens is 3. The van der Waals surface area contributed by atoms with Gasteiger partial charge in [-0.1, -0.05) is 58.6 Å². The zero-order valence-corrected chi connectivity index (χ0v) is 16.8. The first-order chi connectivity index (χ1) is 13.2. The Morgan fingerprint density at radius 1 is 1.15 bits per heavy atom. The van der Waals surface area contributed by atoms with Gasteiger partial charge in [0.15, 0.2) is 8.29 Å². The van der Waals surface area contributed by atoms with Crippen LogP contribution in [0, 0.1) is 3.95 Å². The average molecular weight is 414 g/mol. The maximum atomic E-state index is 5.48. The van der Waals surface area contributed by atoms with Gasteiger partial charge in [0.05, 0.1) is 18.6 Å². The number of hydrogen-bond acceptors (Lipinski definition) is 7. The molecule has 2 heterocycles. The van der Waals surface area contributed by atoms with Crippen LogP contribution in [0.15, 0.2) is 69.5 Å². The zero-order chi connectivity index (χ0) is 18.6. The summed E-state index contributed by atoms with van der Waals surface area (Å²) in [6.07, 6.45) is 0. The third-order valence-electron chi connectivity index (χ3n) is 3.81. The van der Waals surface area contributed by atoms with E-state index in [0.717, 1.165) is 36.7 Å². The smallest absolute Gasteiger partial charge is 0.184 e. The molecule has 0 amide bonds. The zero-order valence-electron chi connectivity index (χ0n) is 14.4. The van der Waals surface area contributed by atoms with Gasteiger partial charge >= 0.3 is 0 Å². The second kappa shape index (κ2) is 8.08. The lowest BCUT2D eigenvalue weighted by Crippen LogP contribution is -1.95. The Bertz CT molecular complexity index is 1100. The highest BCUT2D eigenvalue weighted by Gasteiger charge is 2.13. The number of nitrogens with zero attached hydrogens (tertiary/aromatic N) is 3. The highest BCUT2D eigenvalue weighted by Crippen LogP contribution is 2.31. The Morgan fingerprint density at radius 2 is 1.93 bits per heavy atom. The van der Waals surface area contributed by atoms with Crippen LogP contribution in [-0.4, -0.2) is 22.0 Å². The van der Waals surface area contributed by atoms with E-state index < -0.39 is 0 Å².